The molecule has 0 atom stereocenters. The predicted molar refractivity (Wildman–Crippen MR) is 106 cm³/mol. The SMILES string of the molecule is O=C(c1cccs1)N1CCCN(c2nc(Cc3ccc(F)cc3)ns2)CC1. The summed E-state index contributed by atoms with van der Waals surface area (Å²) in [6, 6.07) is 10.2. The number of hydrogen-bond acceptors (Lipinski definition) is 6. The lowest BCUT2D eigenvalue weighted by Gasteiger charge is -2.20. The second-order valence-corrected chi connectivity index (χ2v) is 8.08. The fourth-order valence-corrected chi connectivity index (χ4v) is 4.53. The van der Waals surface area contributed by atoms with Gasteiger partial charge in [0, 0.05) is 44.1 Å². The molecule has 0 N–H and O–H groups in total. The molecule has 2 aromatic heterocycles. The first kappa shape index (κ1) is 18.1. The van der Waals surface area contributed by atoms with Crippen molar-refractivity contribution in [3.63, 3.8) is 0 Å². The summed E-state index contributed by atoms with van der Waals surface area (Å²) in [4.78, 5) is 22.1. The van der Waals surface area contributed by atoms with E-state index in [1.807, 2.05) is 22.4 Å². The van der Waals surface area contributed by atoms with E-state index in [-0.39, 0.29) is 11.7 Å². The van der Waals surface area contributed by atoms with Crippen molar-refractivity contribution in [3.8, 4) is 0 Å². The molecule has 1 saturated heterocycles. The van der Waals surface area contributed by atoms with Crippen LogP contribution in [0.3, 0.4) is 0 Å². The Labute approximate surface area is 165 Å². The molecular weight excluding hydrogens is 383 g/mol. The lowest BCUT2D eigenvalue weighted by atomic mass is 10.1. The van der Waals surface area contributed by atoms with Crippen LogP contribution >= 0.6 is 22.9 Å². The Kier molecular flexibility index (Phi) is 5.45. The van der Waals surface area contributed by atoms with Gasteiger partial charge in [-0.3, -0.25) is 4.79 Å². The first-order chi connectivity index (χ1) is 13.2. The number of carbonyl (C=O) groups is 1. The van der Waals surface area contributed by atoms with Crippen molar-refractivity contribution >= 4 is 33.9 Å². The van der Waals surface area contributed by atoms with Crippen molar-refractivity contribution in [2.24, 2.45) is 0 Å². The zero-order valence-corrected chi connectivity index (χ0v) is 16.3. The topological polar surface area (TPSA) is 49.3 Å². The Bertz CT molecular complexity index is 895. The Morgan fingerprint density at radius 1 is 1.11 bits per heavy atom. The van der Waals surface area contributed by atoms with E-state index in [9.17, 15) is 9.18 Å². The lowest BCUT2D eigenvalue weighted by molar-refractivity contribution is 0.0772. The van der Waals surface area contributed by atoms with Crippen molar-refractivity contribution in [2.75, 3.05) is 31.1 Å². The molecule has 1 aromatic carbocycles. The highest BCUT2D eigenvalue weighted by Gasteiger charge is 2.22. The molecule has 0 spiro atoms. The van der Waals surface area contributed by atoms with Crippen molar-refractivity contribution in [1.82, 2.24) is 14.3 Å². The van der Waals surface area contributed by atoms with Crippen molar-refractivity contribution in [3.05, 3.63) is 63.9 Å². The molecule has 1 aliphatic rings. The van der Waals surface area contributed by atoms with E-state index in [0.29, 0.717) is 13.0 Å². The Morgan fingerprint density at radius 2 is 1.96 bits per heavy atom. The molecule has 0 saturated carbocycles. The number of thiophene rings is 1. The van der Waals surface area contributed by atoms with Crippen LogP contribution in [0, 0.1) is 5.82 Å². The summed E-state index contributed by atoms with van der Waals surface area (Å²) >= 11 is 2.87. The van der Waals surface area contributed by atoms with E-state index in [0.717, 1.165) is 47.5 Å². The zero-order valence-electron chi connectivity index (χ0n) is 14.7. The zero-order chi connectivity index (χ0) is 18.6. The maximum atomic E-state index is 13.0. The van der Waals surface area contributed by atoms with Gasteiger partial charge in [0.2, 0.25) is 5.13 Å². The Balaban J connectivity index is 1.39. The fourth-order valence-electron chi connectivity index (χ4n) is 3.10. The van der Waals surface area contributed by atoms with Gasteiger partial charge in [0.1, 0.15) is 11.6 Å². The monoisotopic (exact) mass is 402 g/mol. The van der Waals surface area contributed by atoms with E-state index in [4.69, 9.17) is 0 Å². The van der Waals surface area contributed by atoms with Gasteiger partial charge in [-0.2, -0.15) is 4.37 Å². The molecule has 3 heterocycles. The van der Waals surface area contributed by atoms with Crippen LogP contribution in [-0.4, -0.2) is 46.3 Å². The third-order valence-corrected chi connectivity index (χ3v) is 6.19. The molecule has 0 aliphatic carbocycles. The number of amides is 1. The fraction of sp³-hybridized carbons (Fsp3) is 0.316. The minimum Gasteiger partial charge on any atom is -0.345 e. The minimum atomic E-state index is -0.239. The van der Waals surface area contributed by atoms with Gasteiger partial charge in [-0.1, -0.05) is 18.2 Å². The molecule has 0 radical (unpaired) electrons. The summed E-state index contributed by atoms with van der Waals surface area (Å²) in [5, 5.41) is 2.82. The third-order valence-electron chi connectivity index (χ3n) is 4.52. The van der Waals surface area contributed by atoms with Crippen molar-refractivity contribution in [2.45, 2.75) is 12.8 Å². The molecule has 5 nitrogen and oxygen atoms in total. The molecule has 0 bridgehead atoms. The first-order valence-electron chi connectivity index (χ1n) is 8.84. The van der Waals surface area contributed by atoms with Gasteiger partial charge in [-0.25, -0.2) is 9.37 Å². The predicted octanol–water partition coefficient (Wildman–Crippen LogP) is 3.68. The lowest BCUT2D eigenvalue weighted by Crippen LogP contribution is -2.34. The summed E-state index contributed by atoms with van der Waals surface area (Å²) in [7, 11) is 0. The molecule has 3 aromatic rings. The summed E-state index contributed by atoms with van der Waals surface area (Å²) in [6.07, 6.45) is 1.50. The minimum absolute atomic E-state index is 0.112. The highest BCUT2D eigenvalue weighted by molar-refractivity contribution is 7.12. The normalized spacial score (nSPS) is 15.0. The number of halogens is 1. The van der Waals surface area contributed by atoms with Gasteiger partial charge in [0.15, 0.2) is 0 Å². The molecule has 27 heavy (non-hydrogen) atoms. The number of hydrogen-bond donors (Lipinski definition) is 0. The van der Waals surface area contributed by atoms with Crippen LogP contribution in [0.15, 0.2) is 41.8 Å². The van der Waals surface area contributed by atoms with Gasteiger partial charge >= 0.3 is 0 Å². The molecule has 1 aliphatic heterocycles. The van der Waals surface area contributed by atoms with Gasteiger partial charge in [-0.15, -0.1) is 11.3 Å². The Hall–Kier alpha value is -2.32. The molecule has 140 valence electrons. The van der Waals surface area contributed by atoms with Crippen LogP contribution in [0.25, 0.3) is 0 Å². The van der Waals surface area contributed by atoms with E-state index in [1.54, 1.807) is 12.1 Å². The van der Waals surface area contributed by atoms with Gasteiger partial charge in [0.05, 0.1) is 4.88 Å². The standard InChI is InChI=1S/C19H19FN4OS2/c20-15-6-4-14(5-7-15)13-17-21-19(27-22-17)24-9-2-8-23(10-11-24)18(25)16-3-1-12-26-16/h1,3-7,12H,2,8-11,13H2. The summed E-state index contributed by atoms with van der Waals surface area (Å²) < 4.78 is 17.5. The average molecular weight is 403 g/mol. The van der Waals surface area contributed by atoms with Crippen LogP contribution in [-0.2, 0) is 6.42 Å². The summed E-state index contributed by atoms with van der Waals surface area (Å²) in [6.45, 7) is 3.06. The number of benzene rings is 1. The smallest absolute Gasteiger partial charge is 0.263 e. The molecular formula is C19H19FN4OS2. The van der Waals surface area contributed by atoms with Crippen molar-refractivity contribution in [1.29, 1.82) is 0 Å². The molecule has 1 amide bonds. The molecule has 8 heteroatoms. The van der Waals surface area contributed by atoms with E-state index in [2.05, 4.69) is 14.3 Å². The quantitative estimate of drug-likeness (QED) is 0.668. The highest BCUT2D eigenvalue weighted by Crippen LogP contribution is 2.21. The number of nitrogens with zero attached hydrogens (tertiary/aromatic N) is 4. The number of aromatic nitrogens is 2. The second kappa shape index (κ2) is 8.14. The first-order valence-corrected chi connectivity index (χ1v) is 10.5. The molecule has 4 rings (SSSR count). The highest BCUT2D eigenvalue weighted by atomic mass is 32.1. The van der Waals surface area contributed by atoms with E-state index < -0.39 is 0 Å². The van der Waals surface area contributed by atoms with Crippen LogP contribution in [0.5, 0.6) is 0 Å². The van der Waals surface area contributed by atoms with Crippen LogP contribution in [0.2, 0.25) is 0 Å². The maximum Gasteiger partial charge on any atom is 0.263 e. The van der Waals surface area contributed by atoms with Crippen LogP contribution in [0.4, 0.5) is 9.52 Å². The maximum absolute atomic E-state index is 13.0. The summed E-state index contributed by atoms with van der Waals surface area (Å²) in [5.41, 5.74) is 0.990. The van der Waals surface area contributed by atoms with Gasteiger partial charge in [-0.05, 0) is 35.6 Å². The van der Waals surface area contributed by atoms with Crippen LogP contribution < -0.4 is 4.90 Å². The van der Waals surface area contributed by atoms with Crippen molar-refractivity contribution < 1.29 is 9.18 Å². The van der Waals surface area contributed by atoms with Crippen LogP contribution in [0.1, 0.15) is 27.5 Å². The molecule has 0 unspecified atom stereocenters. The molecule has 1 fully saturated rings. The third kappa shape index (κ3) is 4.33. The van der Waals surface area contributed by atoms with E-state index >= 15 is 0 Å². The average Bonchev–Trinajstić information content (AvgIpc) is 3.31. The number of carbonyl (C=O) groups excluding carboxylic acids is 1. The van der Waals surface area contributed by atoms with Gasteiger partial charge in [0.25, 0.3) is 5.91 Å². The largest absolute Gasteiger partial charge is 0.345 e. The van der Waals surface area contributed by atoms with E-state index in [1.165, 1.54) is 35.0 Å². The second-order valence-electron chi connectivity index (χ2n) is 6.41. The number of rotatable bonds is 4. The van der Waals surface area contributed by atoms with Gasteiger partial charge < -0.3 is 9.80 Å². The Morgan fingerprint density at radius 3 is 2.74 bits per heavy atom. The summed E-state index contributed by atoms with van der Waals surface area (Å²) in [5.74, 6) is 0.621. The number of anilines is 1.